The monoisotopic (exact) mass is 249 g/mol. The number of rotatable bonds is 4. The number of carbonyl (C=O) groups is 2. The minimum atomic E-state index is -1.17. The van der Waals surface area contributed by atoms with Crippen LogP contribution in [-0.4, -0.2) is 17.2 Å². The van der Waals surface area contributed by atoms with Gasteiger partial charge in [0.15, 0.2) is 0 Å². The zero-order valence-corrected chi connectivity index (χ0v) is 10.3. The number of ether oxygens (including phenoxy) is 1. The van der Waals surface area contributed by atoms with E-state index in [-0.39, 0.29) is 0 Å². The first-order valence-electron chi connectivity index (χ1n) is 5.37. The van der Waals surface area contributed by atoms with Crippen molar-refractivity contribution in [2.75, 3.05) is 5.32 Å². The molecule has 2 N–H and O–H groups in total. The van der Waals surface area contributed by atoms with E-state index >= 15 is 0 Å². The summed E-state index contributed by atoms with van der Waals surface area (Å²) >= 11 is 0. The lowest BCUT2D eigenvalue weighted by atomic mass is 10.1. The fraction of sp³-hybridized carbons (Fsp3) is 0.231. The van der Waals surface area contributed by atoms with Gasteiger partial charge in [-0.1, -0.05) is 24.8 Å². The molecule has 1 unspecified atom stereocenters. The van der Waals surface area contributed by atoms with E-state index in [0.717, 1.165) is 0 Å². The summed E-state index contributed by atoms with van der Waals surface area (Å²) in [6.45, 7) is 6.71. The van der Waals surface area contributed by atoms with Gasteiger partial charge in [-0.3, -0.25) is 5.32 Å². The highest BCUT2D eigenvalue weighted by atomic mass is 16.5. The molecular weight excluding hydrogens is 234 g/mol. The maximum Gasteiger partial charge on any atom is 0.409 e. The predicted octanol–water partition coefficient (Wildman–Crippen LogP) is 2.96. The highest BCUT2D eigenvalue weighted by Crippen LogP contribution is 2.25. The quantitative estimate of drug-likeness (QED) is 0.635. The van der Waals surface area contributed by atoms with Gasteiger partial charge in [0.1, 0.15) is 6.10 Å². The van der Waals surface area contributed by atoms with Crippen LogP contribution in [0.25, 0.3) is 0 Å². The number of hydrogen-bond acceptors (Lipinski definition) is 3. The first kappa shape index (κ1) is 13.8. The molecule has 0 saturated heterocycles. The smallest absolute Gasteiger partial charge is 0.409 e. The Morgan fingerprint density at radius 2 is 2.00 bits per heavy atom. The van der Waals surface area contributed by atoms with Gasteiger partial charge in [-0.2, -0.15) is 0 Å². The van der Waals surface area contributed by atoms with Gasteiger partial charge in [-0.15, -0.1) is 0 Å². The van der Waals surface area contributed by atoms with Crippen molar-refractivity contribution in [2.45, 2.75) is 20.0 Å². The Labute approximate surface area is 105 Å². The highest BCUT2D eigenvalue weighted by Gasteiger charge is 2.16. The third-order valence-corrected chi connectivity index (χ3v) is 2.27. The number of carboxylic acid groups (broad SMARTS) is 1. The highest BCUT2D eigenvalue weighted by molar-refractivity contribution is 5.87. The average molecular weight is 249 g/mol. The van der Waals surface area contributed by atoms with Crippen molar-refractivity contribution in [2.24, 2.45) is 0 Å². The third-order valence-electron chi connectivity index (χ3n) is 2.27. The first-order valence-corrected chi connectivity index (χ1v) is 5.37. The fourth-order valence-corrected chi connectivity index (χ4v) is 1.41. The van der Waals surface area contributed by atoms with Gasteiger partial charge < -0.3 is 9.84 Å². The maximum atomic E-state index is 11.4. The topological polar surface area (TPSA) is 75.6 Å². The number of hydrogen-bond donors (Lipinski definition) is 2. The molecule has 0 radical (unpaired) electrons. The van der Waals surface area contributed by atoms with E-state index in [1.807, 2.05) is 0 Å². The molecule has 0 saturated carbocycles. The average Bonchev–Trinajstić information content (AvgIpc) is 2.28. The molecule has 1 aromatic carbocycles. The van der Waals surface area contributed by atoms with Crippen LogP contribution in [0.3, 0.4) is 0 Å². The van der Waals surface area contributed by atoms with Crippen LogP contribution in [0, 0.1) is 0 Å². The van der Waals surface area contributed by atoms with E-state index in [9.17, 15) is 9.59 Å². The number of nitrogens with one attached hydrogen (secondary N) is 1. The minimum Gasteiger partial charge on any atom is -0.465 e. The standard InChI is InChI=1S/C13H15NO4/c1-8(2)12(15)18-9(3)10-6-4-5-7-11(10)14-13(16)17/h4-7,9,14H,1H2,2-3H3,(H,16,17). The minimum absolute atomic E-state index is 0.297. The summed E-state index contributed by atoms with van der Waals surface area (Å²) in [5.74, 6) is -0.507. The van der Waals surface area contributed by atoms with Gasteiger partial charge in [0.05, 0.1) is 5.69 Å². The second-order valence-electron chi connectivity index (χ2n) is 3.85. The lowest BCUT2D eigenvalue weighted by molar-refractivity contribution is -0.143. The normalized spacial score (nSPS) is 11.4. The van der Waals surface area contributed by atoms with Crippen LogP contribution in [0.15, 0.2) is 36.4 Å². The number of para-hydroxylation sites is 1. The Morgan fingerprint density at radius 1 is 1.39 bits per heavy atom. The molecule has 1 amide bonds. The van der Waals surface area contributed by atoms with Crippen molar-refractivity contribution in [3.05, 3.63) is 42.0 Å². The number of anilines is 1. The molecule has 0 heterocycles. The van der Waals surface area contributed by atoms with Gasteiger partial charge >= 0.3 is 12.1 Å². The van der Waals surface area contributed by atoms with Crippen molar-refractivity contribution in [1.29, 1.82) is 0 Å². The lowest BCUT2D eigenvalue weighted by Gasteiger charge is -2.16. The third kappa shape index (κ3) is 3.62. The molecule has 5 nitrogen and oxygen atoms in total. The molecule has 18 heavy (non-hydrogen) atoms. The van der Waals surface area contributed by atoms with Crippen LogP contribution in [0.1, 0.15) is 25.5 Å². The van der Waals surface area contributed by atoms with E-state index in [2.05, 4.69) is 11.9 Å². The van der Waals surface area contributed by atoms with E-state index in [4.69, 9.17) is 9.84 Å². The maximum absolute atomic E-state index is 11.4. The second kappa shape index (κ2) is 5.86. The SMILES string of the molecule is C=C(C)C(=O)OC(C)c1ccccc1NC(=O)O. The Bertz CT molecular complexity index is 482. The zero-order chi connectivity index (χ0) is 13.7. The Hall–Kier alpha value is -2.30. The summed E-state index contributed by atoms with van der Waals surface area (Å²) in [5.41, 5.74) is 1.28. The molecule has 0 bridgehead atoms. The second-order valence-corrected chi connectivity index (χ2v) is 3.85. The van der Waals surface area contributed by atoms with Crippen LogP contribution >= 0.6 is 0 Å². The van der Waals surface area contributed by atoms with Crippen molar-refractivity contribution in [1.82, 2.24) is 0 Å². The lowest BCUT2D eigenvalue weighted by Crippen LogP contribution is -2.14. The van der Waals surface area contributed by atoms with Crippen LogP contribution < -0.4 is 5.32 Å². The molecule has 0 aliphatic carbocycles. The largest absolute Gasteiger partial charge is 0.465 e. The predicted molar refractivity (Wildman–Crippen MR) is 67.4 cm³/mol. The molecule has 1 atom stereocenters. The van der Waals surface area contributed by atoms with Gasteiger partial charge in [-0.25, -0.2) is 9.59 Å². The fourth-order valence-electron chi connectivity index (χ4n) is 1.41. The summed E-state index contributed by atoms with van der Waals surface area (Å²) in [4.78, 5) is 22.0. The molecule has 96 valence electrons. The summed E-state index contributed by atoms with van der Waals surface area (Å²) in [5, 5.41) is 11.0. The number of amides is 1. The summed E-state index contributed by atoms with van der Waals surface area (Å²) in [6.07, 6.45) is -1.72. The Balaban J connectivity index is 2.91. The number of esters is 1. The summed E-state index contributed by atoms with van der Waals surface area (Å²) < 4.78 is 5.15. The molecule has 0 aliphatic rings. The molecular formula is C13H15NO4. The van der Waals surface area contributed by atoms with E-state index in [1.165, 1.54) is 0 Å². The van der Waals surface area contributed by atoms with Gasteiger partial charge in [0.2, 0.25) is 0 Å². The molecule has 0 aliphatic heterocycles. The molecule has 1 aromatic rings. The van der Waals surface area contributed by atoms with Gasteiger partial charge in [0.25, 0.3) is 0 Å². The number of benzene rings is 1. The molecule has 0 aromatic heterocycles. The summed E-state index contributed by atoms with van der Waals surface area (Å²) in [7, 11) is 0. The van der Waals surface area contributed by atoms with Gasteiger partial charge in [0, 0.05) is 11.1 Å². The molecule has 5 heteroatoms. The van der Waals surface area contributed by atoms with E-state index in [0.29, 0.717) is 16.8 Å². The molecule has 1 rings (SSSR count). The molecule has 0 fully saturated rings. The van der Waals surface area contributed by atoms with Crippen LogP contribution in [0.5, 0.6) is 0 Å². The Morgan fingerprint density at radius 3 is 2.56 bits per heavy atom. The first-order chi connectivity index (χ1) is 8.41. The van der Waals surface area contributed by atoms with Gasteiger partial charge in [-0.05, 0) is 19.9 Å². The van der Waals surface area contributed by atoms with Crippen molar-refractivity contribution in [3.63, 3.8) is 0 Å². The van der Waals surface area contributed by atoms with Crippen LogP contribution in [0.4, 0.5) is 10.5 Å². The van der Waals surface area contributed by atoms with E-state index < -0.39 is 18.2 Å². The van der Waals surface area contributed by atoms with E-state index in [1.54, 1.807) is 38.1 Å². The molecule has 0 spiro atoms. The summed E-state index contributed by atoms with van der Waals surface area (Å²) in [6, 6.07) is 6.74. The Kier molecular flexibility index (Phi) is 4.48. The van der Waals surface area contributed by atoms with Crippen LogP contribution in [-0.2, 0) is 9.53 Å². The van der Waals surface area contributed by atoms with Crippen molar-refractivity contribution in [3.8, 4) is 0 Å². The zero-order valence-electron chi connectivity index (χ0n) is 10.3. The van der Waals surface area contributed by atoms with Crippen molar-refractivity contribution < 1.29 is 19.4 Å². The van der Waals surface area contributed by atoms with Crippen molar-refractivity contribution >= 4 is 17.7 Å². The van der Waals surface area contributed by atoms with Crippen LogP contribution in [0.2, 0.25) is 0 Å². The number of carbonyl (C=O) groups excluding carboxylic acids is 1.